The van der Waals surface area contributed by atoms with Crippen LogP contribution in [-0.2, 0) is 6.54 Å². The molecule has 2 aliphatic rings. The first-order valence-electron chi connectivity index (χ1n) is 17.1. The molecule has 1 saturated heterocycles. The molecule has 8 nitrogen and oxygen atoms in total. The van der Waals surface area contributed by atoms with Crippen LogP contribution in [0.4, 0.5) is 5.69 Å². The Bertz CT molecular complexity index is 2130. The first-order chi connectivity index (χ1) is 24.5. The van der Waals surface area contributed by atoms with Gasteiger partial charge in [0, 0.05) is 47.2 Å². The fourth-order valence-corrected chi connectivity index (χ4v) is 7.30. The summed E-state index contributed by atoms with van der Waals surface area (Å²) in [6.45, 7) is 1.98. The zero-order valence-electron chi connectivity index (χ0n) is 28.5. The Kier molecular flexibility index (Phi) is 8.36. The topological polar surface area (TPSA) is 74.5 Å². The predicted molar refractivity (Wildman–Crippen MR) is 199 cm³/mol. The fraction of sp³-hybridized carbons (Fsp3) is 0.238. The smallest absolute Gasteiger partial charge is 0.256 e. The maximum atomic E-state index is 13.3. The Labute approximate surface area is 291 Å². The molecule has 8 rings (SSSR count). The van der Waals surface area contributed by atoms with Crippen LogP contribution in [0.3, 0.4) is 0 Å². The second-order valence-corrected chi connectivity index (χ2v) is 12.8. The van der Waals surface area contributed by atoms with Gasteiger partial charge in [-0.3, -0.25) is 9.79 Å². The lowest BCUT2D eigenvalue weighted by atomic mass is 10.00. The number of rotatable bonds is 10. The van der Waals surface area contributed by atoms with E-state index >= 15 is 0 Å². The van der Waals surface area contributed by atoms with Crippen LogP contribution in [0.15, 0.2) is 102 Å². The average Bonchev–Trinajstić information content (AvgIpc) is 3.74. The third-order valence-corrected chi connectivity index (χ3v) is 9.95. The van der Waals surface area contributed by atoms with Crippen molar-refractivity contribution in [3.05, 3.63) is 103 Å². The molecule has 50 heavy (non-hydrogen) atoms. The van der Waals surface area contributed by atoms with Gasteiger partial charge in [0.05, 0.1) is 45.2 Å². The summed E-state index contributed by atoms with van der Waals surface area (Å²) in [4.78, 5) is 19.9. The third-order valence-electron chi connectivity index (χ3n) is 9.95. The molecular weight excluding hydrogens is 626 g/mol. The SMILES string of the molecule is COc1ccc(-c2ccc3c(c2)c2cc(-c4ccc(OC)cc4)ccc2n3CCCOc2cc3c(cc2OC)C(=O)N2CCC[C@H]2C=N3)cc1. The summed E-state index contributed by atoms with van der Waals surface area (Å²) in [5.74, 6) is 2.81. The Morgan fingerprint density at radius 2 is 1.30 bits per heavy atom. The Morgan fingerprint density at radius 3 is 1.88 bits per heavy atom. The van der Waals surface area contributed by atoms with Crippen LogP contribution in [-0.4, -0.2) is 62.1 Å². The van der Waals surface area contributed by atoms with E-state index in [2.05, 4.69) is 70.2 Å². The van der Waals surface area contributed by atoms with Crippen molar-refractivity contribution >= 4 is 39.6 Å². The number of hydrogen-bond acceptors (Lipinski definition) is 6. The highest BCUT2D eigenvalue weighted by Crippen LogP contribution is 2.39. The molecular formula is C42H39N3O5. The van der Waals surface area contributed by atoms with Gasteiger partial charge in [-0.25, -0.2) is 0 Å². The molecule has 0 bridgehead atoms. The Hall–Kier alpha value is -5.76. The van der Waals surface area contributed by atoms with Gasteiger partial charge in [0.1, 0.15) is 11.5 Å². The monoisotopic (exact) mass is 665 g/mol. The molecule has 6 aromatic rings. The molecule has 1 amide bonds. The van der Waals surface area contributed by atoms with Crippen LogP contribution < -0.4 is 18.9 Å². The standard InChI is InChI=1S/C42H39N3O5/c1-47-32-13-7-27(8-14-32)29-11-17-38-34(22-29)35-23-30(28-9-15-33(48-2)16-10-28)12-18-39(35)45(38)20-5-21-50-41-25-37-36(24-40(41)49-3)42(46)44-19-4-6-31(44)26-43-37/h7-18,22-26,31H,4-6,19-21H2,1-3H3/t31-/m0/s1. The van der Waals surface area contributed by atoms with Crippen molar-refractivity contribution in [2.75, 3.05) is 34.5 Å². The number of aromatic nitrogens is 1. The summed E-state index contributed by atoms with van der Waals surface area (Å²) in [6.07, 6.45) is 4.60. The number of methoxy groups -OCH3 is 3. The molecule has 0 saturated carbocycles. The number of hydrogen-bond donors (Lipinski definition) is 0. The van der Waals surface area contributed by atoms with E-state index in [0.717, 1.165) is 66.1 Å². The molecule has 1 fully saturated rings. The van der Waals surface area contributed by atoms with Gasteiger partial charge in [-0.15, -0.1) is 0 Å². The van der Waals surface area contributed by atoms with Gasteiger partial charge in [-0.05, 0) is 96.1 Å². The molecule has 0 unspecified atom stereocenters. The zero-order chi connectivity index (χ0) is 34.2. The van der Waals surface area contributed by atoms with E-state index in [9.17, 15) is 4.79 Å². The normalized spacial score (nSPS) is 15.2. The highest BCUT2D eigenvalue weighted by Gasteiger charge is 2.32. The minimum absolute atomic E-state index is 0.00140. The van der Waals surface area contributed by atoms with Gasteiger partial charge >= 0.3 is 0 Å². The maximum absolute atomic E-state index is 13.3. The van der Waals surface area contributed by atoms with Crippen molar-refractivity contribution in [1.82, 2.24) is 9.47 Å². The van der Waals surface area contributed by atoms with Crippen molar-refractivity contribution in [1.29, 1.82) is 0 Å². The second-order valence-electron chi connectivity index (χ2n) is 12.8. The van der Waals surface area contributed by atoms with Crippen molar-refractivity contribution in [2.24, 2.45) is 4.99 Å². The third kappa shape index (κ3) is 5.70. The van der Waals surface area contributed by atoms with Gasteiger partial charge in [-0.2, -0.15) is 0 Å². The number of benzene rings is 5. The number of fused-ring (bicyclic) bond motifs is 5. The van der Waals surface area contributed by atoms with Crippen molar-refractivity contribution in [3.63, 3.8) is 0 Å². The van der Waals surface area contributed by atoms with Crippen LogP contribution >= 0.6 is 0 Å². The van der Waals surface area contributed by atoms with Gasteiger partial charge < -0.3 is 28.4 Å². The number of aliphatic imine (C=N–C) groups is 1. The molecule has 8 heteroatoms. The summed E-state index contributed by atoms with van der Waals surface area (Å²) in [6, 6.07) is 33.4. The van der Waals surface area contributed by atoms with Crippen LogP contribution in [0.2, 0.25) is 0 Å². The molecule has 0 spiro atoms. The van der Waals surface area contributed by atoms with E-state index in [1.165, 1.54) is 21.8 Å². The number of amides is 1. The molecule has 252 valence electrons. The van der Waals surface area contributed by atoms with Gasteiger partial charge in [0.15, 0.2) is 11.5 Å². The molecule has 3 heterocycles. The summed E-state index contributed by atoms with van der Waals surface area (Å²) >= 11 is 0. The molecule has 0 radical (unpaired) electrons. The number of carbonyl (C=O) groups excluding carboxylic acids is 1. The van der Waals surface area contributed by atoms with Crippen molar-refractivity contribution in [3.8, 4) is 45.3 Å². The minimum atomic E-state index is 0.00140. The molecule has 5 aromatic carbocycles. The van der Waals surface area contributed by atoms with E-state index in [-0.39, 0.29) is 11.9 Å². The molecule has 1 aromatic heterocycles. The number of ether oxygens (including phenoxy) is 4. The predicted octanol–water partition coefficient (Wildman–Crippen LogP) is 8.94. The number of carbonyl (C=O) groups is 1. The minimum Gasteiger partial charge on any atom is -0.497 e. The first-order valence-corrected chi connectivity index (χ1v) is 17.1. The summed E-state index contributed by atoms with van der Waals surface area (Å²) < 4.78 is 25.2. The molecule has 0 N–H and O–H groups in total. The Morgan fingerprint density at radius 1 is 0.700 bits per heavy atom. The van der Waals surface area contributed by atoms with E-state index in [4.69, 9.17) is 18.9 Å². The highest BCUT2D eigenvalue weighted by molar-refractivity contribution is 6.10. The summed E-state index contributed by atoms with van der Waals surface area (Å²) in [5.41, 5.74) is 8.08. The fourth-order valence-electron chi connectivity index (χ4n) is 7.30. The van der Waals surface area contributed by atoms with E-state index in [0.29, 0.717) is 29.4 Å². The van der Waals surface area contributed by atoms with Crippen LogP contribution in [0.1, 0.15) is 29.6 Å². The van der Waals surface area contributed by atoms with E-state index < -0.39 is 0 Å². The second kappa shape index (κ2) is 13.3. The lowest BCUT2D eigenvalue weighted by Gasteiger charge is -2.20. The molecule has 0 aliphatic carbocycles. The van der Waals surface area contributed by atoms with Gasteiger partial charge in [-0.1, -0.05) is 36.4 Å². The summed E-state index contributed by atoms with van der Waals surface area (Å²) in [7, 11) is 4.98. The van der Waals surface area contributed by atoms with Crippen LogP contribution in [0, 0.1) is 0 Å². The molecule has 2 aliphatic heterocycles. The first kappa shape index (κ1) is 31.5. The van der Waals surface area contributed by atoms with Crippen molar-refractivity contribution < 1.29 is 23.7 Å². The van der Waals surface area contributed by atoms with Crippen molar-refractivity contribution in [2.45, 2.75) is 31.8 Å². The largest absolute Gasteiger partial charge is 0.497 e. The van der Waals surface area contributed by atoms with Crippen LogP contribution in [0.5, 0.6) is 23.0 Å². The quantitative estimate of drug-likeness (QED) is 0.137. The van der Waals surface area contributed by atoms with Gasteiger partial charge in [0.2, 0.25) is 0 Å². The van der Waals surface area contributed by atoms with Gasteiger partial charge in [0.25, 0.3) is 5.91 Å². The van der Waals surface area contributed by atoms with E-state index in [1.54, 1.807) is 27.4 Å². The lowest BCUT2D eigenvalue weighted by Crippen LogP contribution is -2.35. The number of nitrogens with zero attached hydrogens (tertiary/aromatic N) is 3. The zero-order valence-corrected chi connectivity index (χ0v) is 28.5. The maximum Gasteiger partial charge on any atom is 0.256 e. The van der Waals surface area contributed by atoms with E-state index in [1.807, 2.05) is 41.4 Å². The summed E-state index contributed by atoms with van der Waals surface area (Å²) in [5, 5.41) is 2.39. The lowest BCUT2D eigenvalue weighted by molar-refractivity contribution is 0.0774. The highest BCUT2D eigenvalue weighted by atomic mass is 16.5. The molecule has 1 atom stereocenters. The number of aryl methyl sites for hydroxylation is 1. The van der Waals surface area contributed by atoms with Crippen LogP contribution in [0.25, 0.3) is 44.1 Å². The average molecular weight is 666 g/mol. The Balaban J connectivity index is 1.09.